The number of hydrogen-bond acceptors (Lipinski definition) is 5. The number of benzene rings is 1. The van der Waals surface area contributed by atoms with Crippen LogP contribution in [-0.2, 0) is 9.59 Å². The Morgan fingerprint density at radius 2 is 1.88 bits per heavy atom. The van der Waals surface area contributed by atoms with Crippen molar-refractivity contribution in [1.82, 2.24) is 9.97 Å². The maximum absolute atomic E-state index is 14.8. The van der Waals surface area contributed by atoms with Crippen LogP contribution in [0.4, 0.5) is 20.2 Å². The van der Waals surface area contributed by atoms with Gasteiger partial charge in [-0.25, -0.2) is 0 Å². The van der Waals surface area contributed by atoms with Crippen LogP contribution < -0.4 is 10.2 Å². The molecule has 0 radical (unpaired) electrons. The van der Waals surface area contributed by atoms with Crippen molar-refractivity contribution in [2.45, 2.75) is 19.8 Å². The standard InChI is InChI=1S/C23H18F2N4O3/c1-12-21-16(4-3-9-26-21)20-17(10-18(24)28-22(20)25)29(23(12)32)11-19(31)27-15-7-5-14(6-8-15)13(2)30/h3-10,12H,11H2,1-2H3,(H,27,31). The van der Waals surface area contributed by atoms with Gasteiger partial charge in [-0.1, -0.05) is 6.07 Å². The van der Waals surface area contributed by atoms with Crippen LogP contribution in [0, 0.1) is 11.9 Å². The van der Waals surface area contributed by atoms with E-state index in [0.717, 1.165) is 11.0 Å². The number of ketones is 1. The number of nitrogens with zero attached hydrogens (tertiary/aromatic N) is 3. The predicted molar refractivity (Wildman–Crippen MR) is 113 cm³/mol. The van der Waals surface area contributed by atoms with Gasteiger partial charge in [0.25, 0.3) is 0 Å². The molecule has 0 aliphatic carbocycles. The summed E-state index contributed by atoms with van der Waals surface area (Å²) in [6.45, 7) is 2.53. The number of fused-ring (bicyclic) bond motifs is 3. The molecule has 0 saturated heterocycles. The Morgan fingerprint density at radius 3 is 2.56 bits per heavy atom. The first-order chi connectivity index (χ1) is 15.3. The Balaban J connectivity index is 1.70. The molecular formula is C23H18F2N4O3. The van der Waals surface area contributed by atoms with E-state index in [4.69, 9.17) is 0 Å². The number of pyridine rings is 2. The summed E-state index contributed by atoms with van der Waals surface area (Å²) in [5.74, 6) is -4.24. The molecule has 1 unspecified atom stereocenters. The van der Waals surface area contributed by atoms with Crippen LogP contribution in [0.25, 0.3) is 11.1 Å². The molecule has 3 aromatic rings. The highest BCUT2D eigenvalue weighted by atomic mass is 19.1. The molecule has 162 valence electrons. The lowest BCUT2D eigenvalue weighted by molar-refractivity contribution is -0.122. The molecule has 0 bridgehead atoms. The van der Waals surface area contributed by atoms with E-state index in [1.807, 2.05) is 0 Å². The quantitative estimate of drug-likeness (QED) is 0.497. The number of hydrogen-bond donors (Lipinski definition) is 1. The number of nitrogens with one attached hydrogen (secondary N) is 1. The zero-order chi connectivity index (χ0) is 23.0. The lowest BCUT2D eigenvalue weighted by atomic mass is 9.98. The number of amides is 2. The molecule has 1 N–H and O–H groups in total. The highest BCUT2D eigenvalue weighted by molar-refractivity contribution is 6.09. The molecule has 3 heterocycles. The van der Waals surface area contributed by atoms with E-state index in [-0.39, 0.29) is 17.0 Å². The molecule has 2 aromatic heterocycles. The van der Waals surface area contributed by atoms with Gasteiger partial charge in [0.15, 0.2) is 5.78 Å². The highest BCUT2D eigenvalue weighted by Gasteiger charge is 2.35. The van der Waals surface area contributed by atoms with Crippen molar-refractivity contribution in [3.05, 3.63) is 71.8 Å². The van der Waals surface area contributed by atoms with Gasteiger partial charge < -0.3 is 10.2 Å². The molecule has 1 aliphatic heterocycles. The van der Waals surface area contributed by atoms with Gasteiger partial charge in [0.1, 0.15) is 6.54 Å². The van der Waals surface area contributed by atoms with Gasteiger partial charge in [0, 0.05) is 29.1 Å². The minimum absolute atomic E-state index is 0.0918. The van der Waals surface area contributed by atoms with Gasteiger partial charge in [-0.05, 0) is 44.2 Å². The number of carbonyl (C=O) groups is 3. The van der Waals surface area contributed by atoms with Crippen molar-refractivity contribution in [2.24, 2.45) is 0 Å². The van der Waals surface area contributed by atoms with Crippen LogP contribution in [-0.4, -0.2) is 34.1 Å². The molecule has 9 heteroatoms. The molecule has 0 spiro atoms. The smallest absolute Gasteiger partial charge is 0.244 e. The van der Waals surface area contributed by atoms with Crippen molar-refractivity contribution in [2.75, 3.05) is 16.8 Å². The Kier molecular flexibility index (Phi) is 5.48. The number of aromatic nitrogens is 2. The van der Waals surface area contributed by atoms with E-state index in [9.17, 15) is 23.2 Å². The summed E-state index contributed by atoms with van der Waals surface area (Å²) in [5.41, 5.74) is 1.33. The predicted octanol–water partition coefficient (Wildman–Crippen LogP) is 3.71. The van der Waals surface area contributed by atoms with Crippen molar-refractivity contribution >= 4 is 29.0 Å². The summed E-state index contributed by atoms with van der Waals surface area (Å²) < 4.78 is 28.8. The van der Waals surface area contributed by atoms with E-state index in [2.05, 4.69) is 15.3 Å². The van der Waals surface area contributed by atoms with Gasteiger partial charge in [-0.2, -0.15) is 13.8 Å². The number of Topliss-reactive ketones (excluding diaryl/α,β-unsaturated/α-hetero) is 1. The van der Waals surface area contributed by atoms with Gasteiger partial charge in [0.2, 0.25) is 23.7 Å². The third-order valence-electron chi connectivity index (χ3n) is 5.25. The fourth-order valence-corrected chi connectivity index (χ4v) is 3.67. The summed E-state index contributed by atoms with van der Waals surface area (Å²) in [7, 11) is 0. The van der Waals surface area contributed by atoms with Gasteiger partial charge in [-0.15, -0.1) is 0 Å². The van der Waals surface area contributed by atoms with Crippen LogP contribution in [0.3, 0.4) is 0 Å². The molecule has 1 aliphatic rings. The van der Waals surface area contributed by atoms with Gasteiger partial charge >= 0.3 is 0 Å². The van der Waals surface area contributed by atoms with E-state index in [1.165, 1.54) is 13.1 Å². The second-order valence-electron chi connectivity index (χ2n) is 7.39. The maximum Gasteiger partial charge on any atom is 0.244 e. The third-order valence-corrected chi connectivity index (χ3v) is 5.25. The zero-order valence-electron chi connectivity index (χ0n) is 17.2. The normalized spacial score (nSPS) is 14.9. The molecule has 2 amide bonds. The van der Waals surface area contributed by atoms with E-state index in [0.29, 0.717) is 22.5 Å². The Bertz CT molecular complexity index is 1240. The number of carbonyl (C=O) groups excluding carboxylic acids is 3. The van der Waals surface area contributed by atoms with Crippen molar-refractivity contribution in [3.63, 3.8) is 0 Å². The lowest BCUT2D eigenvalue weighted by Gasteiger charge is -2.24. The number of halogens is 2. The average molecular weight is 436 g/mol. The fourth-order valence-electron chi connectivity index (χ4n) is 3.67. The first-order valence-corrected chi connectivity index (χ1v) is 9.80. The molecule has 4 rings (SSSR count). The summed E-state index contributed by atoms with van der Waals surface area (Å²) in [6, 6.07) is 10.3. The second kappa shape index (κ2) is 8.26. The largest absolute Gasteiger partial charge is 0.325 e. The Labute approximate surface area is 182 Å². The molecule has 32 heavy (non-hydrogen) atoms. The Morgan fingerprint density at radius 1 is 1.16 bits per heavy atom. The Hall–Kier alpha value is -4.01. The van der Waals surface area contributed by atoms with Crippen molar-refractivity contribution < 1.29 is 23.2 Å². The van der Waals surface area contributed by atoms with Crippen LogP contribution >= 0.6 is 0 Å². The highest BCUT2D eigenvalue weighted by Crippen LogP contribution is 2.41. The minimum atomic E-state index is -1.11. The SMILES string of the molecule is CC(=O)c1ccc(NC(=O)CN2C(=O)C(C)c3ncccc3-c3c2cc(F)nc3F)cc1. The zero-order valence-corrected chi connectivity index (χ0v) is 17.2. The topological polar surface area (TPSA) is 92.3 Å². The molecule has 0 fully saturated rings. The molecule has 1 atom stereocenters. The minimum Gasteiger partial charge on any atom is -0.325 e. The van der Waals surface area contributed by atoms with E-state index < -0.39 is 36.2 Å². The molecular weight excluding hydrogens is 418 g/mol. The second-order valence-corrected chi connectivity index (χ2v) is 7.39. The van der Waals surface area contributed by atoms with Crippen LogP contribution in [0.2, 0.25) is 0 Å². The first kappa shape index (κ1) is 21.2. The monoisotopic (exact) mass is 436 g/mol. The summed E-state index contributed by atoms with van der Waals surface area (Å²) >= 11 is 0. The molecule has 0 saturated carbocycles. The molecule has 1 aromatic carbocycles. The number of rotatable bonds is 4. The van der Waals surface area contributed by atoms with E-state index >= 15 is 0 Å². The third kappa shape index (κ3) is 3.84. The van der Waals surface area contributed by atoms with E-state index in [1.54, 1.807) is 43.3 Å². The summed E-state index contributed by atoms with van der Waals surface area (Å²) in [5, 5.41) is 2.63. The lowest BCUT2D eigenvalue weighted by Crippen LogP contribution is -2.40. The van der Waals surface area contributed by atoms with Gasteiger partial charge in [-0.3, -0.25) is 19.4 Å². The number of anilines is 2. The van der Waals surface area contributed by atoms with Crippen LogP contribution in [0.5, 0.6) is 0 Å². The first-order valence-electron chi connectivity index (χ1n) is 9.80. The summed E-state index contributed by atoms with van der Waals surface area (Å²) in [6.07, 6.45) is 1.48. The van der Waals surface area contributed by atoms with Gasteiger partial charge in [0.05, 0.1) is 22.9 Å². The van der Waals surface area contributed by atoms with Crippen LogP contribution in [0.1, 0.15) is 35.8 Å². The fraction of sp³-hybridized carbons (Fsp3) is 0.174. The average Bonchev–Trinajstić information content (AvgIpc) is 2.84. The van der Waals surface area contributed by atoms with Crippen LogP contribution in [0.15, 0.2) is 48.7 Å². The maximum atomic E-state index is 14.8. The molecule has 7 nitrogen and oxygen atoms in total. The van der Waals surface area contributed by atoms with Crippen molar-refractivity contribution in [3.8, 4) is 11.1 Å². The van der Waals surface area contributed by atoms with Crippen molar-refractivity contribution in [1.29, 1.82) is 0 Å². The summed E-state index contributed by atoms with van der Waals surface area (Å²) in [4.78, 5) is 45.8.